The van der Waals surface area contributed by atoms with Gasteiger partial charge in [0.2, 0.25) is 5.91 Å². The van der Waals surface area contributed by atoms with Crippen molar-refractivity contribution in [3.8, 4) is 0 Å². The Morgan fingerprint density at radius 2 is 1.86 bits per heavy atom. The van der Waals surface area contributed by atoms with Crippen LogP contribution in [0.1, 0.15) is 56.2 Å². The van der Waals surface area contributed by atoms with Gasteiger partial charge in [-0.05, 0) is 46.3 Å². The highest BCUT2D eigenvalue weighted by Crippen LogP contribution is 2.04. The maximum atomic E-state index is 12.7. The van der Waals surface area contributed by atoms with Crippen molar-refractivity contribution in [2.24, 2.45) is 0 Å². The Labute approximate surface area is 175 Å². The largest absolute Gasteiger partial charge is 0.383 e. The van der Waals surface area contributed by atoms with Crippen molar-refractivity contribution in [2.45, 2.75) is 53.0 Å². The molecule has 0 aliphatic heterocycles. The zero-order valence-electron chi connectivity index (χ0n) is 18.6. The Kier molecular flexibility index (Phi) is 12.1. The van der Waals surface area contributed by atoms with Gasteiger partial charge < -0.3 is 19.9 Å². The second kappa shape index (κ2) is 14.0. The molecule has 0 radical (unpaired) electrons. The lowest BCUT2D eigenvalue weighted by atomic mass is 10.1. The van der Waals surface area contributed by atoms with Gasteiger partial charge in [-0.25, -0.2) is 4.98 Å². The number of carbonyl (C=O) groups is 2. The zero-order chi connectivity index (χ0) is 21.6. The molecule has 1 aromatic heterocycles. The van der Waals surface area contributed by atoms with Gasteiger partial charge in [0.15, 0.2) is 0 Å². The van der Waals surface area contributed by atoms with Crippen molar-refractivity contribution in [3.63, 3.8) is 0 Å². The van der Waals surface area contributed by atoms with Gasteiger partial charge >= 0.3 is 0 Å². The molecule has 1 rings (SSSR count). The lowest BCUT2D eigenvalue weighted by molar-refractivity contribution is -0.121. The average molecular weight is 408 g/mol. The zero-order valence-corrected chi connectivity index (χ0v) is 18.6. The van der Waals surface area contributed by atoms with E-state index in [0.29, 0.717) is 19.7 Å². The second-order valence-electron chi connectivity index (χ2n) is 7.22. The lowest BCUT2D eigenvalue weighted by Crippen LogP contribution is -2.39. The summed E-state index contributed by atoms with van der Waals surface area (Å²) in [6.07, 6.45) is 5.26. The van der Waals surface area contributed by atoms with E-state index in [4.69, 9.17) is 4.74 Å². The van der Waals surface area contributed by atoms with Crippen molar-refractivity contribution in [1.29, 1.82) is 0 Å². The first-order valence-corrected chi connectivity index (χ1v) is 10.5. The molecule has 0 saturated heterocycles. The van der Waals surface area contributed by atoms with Crippen LogP contribution in [0.4, 0.5) is 0 Å². The minimum Gasteiger partial charge on any atom is -0.383 e. The third-order valence-corrected chi connectivity index (χ3v) is 4.87. The fraction of sp³-hybridized carbons (Fsp3) is 0.714. The normalized spacial score (nSPS) is 12.1. The van der Waals surface area contributed by atoms with Gasteiger partial charge in [0, 0.05) is 38.9 Å². The summed E-state index contributed by atoms with van der Waals surface area (Å²) in [7, 11) is 1.58. The van der Waals surface area contributed by atoms with Crippen molar-refractivity contribution >= 4 is 11.8 Å². The quantitative estimate of drug-likeness (QED) is 0.507. The minimum absolute atomic E-state index is 0.0504. The minimum atomic E-state index is -0.241. The van der Waals surface area contributed by atoms with Crippen LogP contribution in [0.25, 0.3) is 0 Å². The summed E-state index contributed by atoms with van der Waals surface area (Å²) in [5.41, 5.74) is 1.02. The van der Waals surface area contributed by atoms with Crippen LogP contribution < -0.4 is 5.32 Å². The summed E-state index contributed by atoms with van der Waals surface area (Å²) in [6, 6.07) is 0.115. The molecule has 0 fully saturated rings. The molecule has 1 atom stereocenters. The molecule has 8 heteroatoms. The monoisotopic (exact) mass is 407 g/mol. The first kappa shape index (κ1) is 25.0. The van der Waals surface area contributed by atoms with E-state index < -0.39 is 0 Å². The van der Waals surface area contributed by atoms with Crippen molar-refractivity contribution in [2.75, 3.05) is 46.4 Å². The molecule has 8 nitrogen and oxygen atoms in total. The van der Waals surface area contributed by atoms with Crippen LogP contribution in [0, 0.1) is 6.92 Å². The van der Waals surface area contributed by atoms with E-state index in [1.165, 1.54) is 6.20 Å². The summed E-state index contributed by atoms with van der Waals surface area (Å²) < 4.78 is 5.10. The lowest BCUT2D eigenvalue weighted by Gasteiger charge is -2.23. The number of aryl methyl sites for hydroxylation is 1. The van der Waals surface area contributed by atoms with Gasteiger partial charge in [0.05, 0.1) is 18.5 Å². The molecule has 1 N–H and O–H groups in total. The highest BCUT2D eigenvalue weighted by Gasteiger charge is 2.19. The number of nitrogens with one attached hydrogen (secondary N) is 1. The molecular formula is C21H37N5O3. The summed E-state index contributed by atoms with van der Waals surface area (Å²) in [6.45, 7) is 12.4. The molecule has 0 spiro atoms. The predicted octanol–water partition coefficient (Wildman–Crippen LogP) is 1.89. The van der Waals surface area contributed by atoms with E-state index in [1.54, 1.807) is 18.2 Å². The number of rotatable bonds is 14. The Hall–Kier alpha value is -2.06. The number of nitrogens with zero attached hydrogens (tertiary/aromatic N) is 4. The topological polar surface area (TPSA) is 87.7 Å². The predicted molar refractivity (Wildman–Crippen MR) is 114 cm³/mol. The number of aromatic nitrogens is 2. The van der Waals surface area contributed by atoms with E-state index in [-0.39, 0.29) is 30.0 Å². The Morgan fingerprint density at radius 1 is 1.14 bits per heavy atom. The molecule has 164 valence electrons. The van der Waals surface area contributed by atoms with Gasteiger partial charge in [0.25, 0.3) is 5.91 Å². The number of amides is 2. The van der Waals surface area contributed by atoms with Crippen LogP contribution in [-0.4, -0.2) is 84.1 Å². The molecule has 2 amide bonds. The van der Waals surface area contributed by atoms with Gasteiger partial charge in [-0.2, -0.15) is 0 Å². The first-order valence-electron chi connectivity index (χ1n) is 10.5. The van der Waals surface area contributed by atoms with E-state index >= 15 is 0 Å². The highest BCUT2D eigenvalue weighted by atomic mass is 16.5. The maximum absolute atomic E-state index is 12.7. The molecule has 0 saturated carbocycles. The van der Waals surface area contributed by atoms with Crippen LogP contribution >= 0.6 is 0 Å². The number of carbonyl (C=O) groups excluding carboxylic acids is 2. The second-order valence-corrected chi connectivity index (χ2v) is 7.22. The van der Waals surface area contributed by atoms with Crippen LogP contribution in [0.3, 0.4) is 0 Å². The molecule has 0 unspecified atom stereocenters. The van der Waals surface area contributed by atoms with Gasteiger partial charge in [-0.15, -0.1) is 0 Å². The summed E-state index contributed by atoms with van der Waals surface area (Å²) in [5, 5.41) is 3.03. The van der Waals surface area contributed by atoms with Crippen molar-refractivity contribution in [3.05, 3.63) is 23.8 Å². The molecule has 0 aliphatic carbocycles. The molecular weight excluding hydrogens is 370 g/mol. The number of hydrogen-bond acceptors (Lipinski definition) is 6. The first-order chi connectivity index (χ1) is 13.9. The molecule has 0 aliphatic rings. The third-order valence-electron chi connectivity index (χ3n) is 4.87. The number of hydrogen-bond donors (Lipinski definition) is 1. The Bertz CT molecular complexity index is 605. The standard InChI is InChI=1S/C21H37N5O3/c1-6-25(7-2)11-8-9-17(3)24-20(27)10-12-26(13-14-29-5)21(28)19-16-22-18(4)15-23-19/h15-17H,6-14H2,1-5H3,(H,24,27)/t17-/m0/s1. The maximum Gasteiger partial charge on any atom is 0.274 e. The van der Waals surface area contributed by atoms with E-state index in [1.807, 2.05) is 13.8 Å². The third kappa shape index (κ3) is 9.80. The fourth-order valence-corrected chi connectivity index (χ4v) is 3.00. The van der Waals surface area contributed by atoms with Crippen LogP contribution in [0.5, 0.6) is 0 Å². The van der Waals surface area contributed by atoms with Crippen LogP contribution in [0.2, 0.25) is 0 Å². The molecule has 29 heavy (non-hydrogen) atoms. The number of methoxy groups -OCH3 is 1. The Balaban J connectivity index is 2.48. The fourth-order valence-electron chi connectivity index (χ4n) is 3.00. The molecule has 1 heterocycles. The van der Waals surface area contributed by atoms with Crippen molar-refractivity contribution in [1.82, 2.24) is 25.1 Å². The summed E-state index contributed by atoms with van der Waals surface area (Å²) in [4.78, 5) is 37.3. The number of ether oxygens (including phenoxy) is 1. The molecule has 1 aromatic rings. The SMILES string of the molecule is CCN(CC)CCC[C@H](C)NC(=O)CCN(CCOC)C(=O)c1cnc(C)cn1. The van der Waals surface area contributed by atoms with E-state index in [0.717, 1.165) is 38.2 Å². The van der Waals surface area contributed by atoms with E-state index in [2.05, 4.69) is 34.0 Å². The van der Waals surface area contributed by atoms with Gasteiger partial charge in [0.1, 0.15) is 5.69 Å². The summed E-state index contributed by atoms with van der Waals surface area (Å²) in [5.74, 6) is -0.292. The van der Waals surface area contributed by atoms with E-state index in [9.17, 15) is 9.59 Å². The summed E-state index contributed by atoms with van der Waals surface area (Å²) >= 11 is 0. The van der Waals surface area contributed by atoms with Crippen LogP contribution in [-0.2, 0) is 9.53 Å². The smallest absolute Gasteiger partial charge is 0.274 e. The average Bonchev–Trinajstić information content (AvgIpc) is 2.71. The van der Waals surface area contributed by atoms with Gasteiger partial charge in [-0.3, -0.25) is 14.6 Å². The molecule has 0 bridgehead atoms. The Morgan fingerprint density at radius 3 is 2.45 bits per heavy atom. The van der Waals surface area contributed by atoms with Crippen LogP contribution in [0.15, 0.2) is 12.4 Å². The molecule has 0 aromatic carbocycles. The highest BCUT2D eigenvalue weighted by molar-refractivity contribution is 5.92. The van der Waals surface area contributed by atoms with Crippen molar-refractivity contribution < 1.29 is 14.3 Å². The van der Waals surface area contributed by atoms with Gasteiger partial charge in [-0.1, -0.05) is 13.8 Å².